The molecule has 1 aliphatic heterocycles. The highest BCUT2D eigenvalue weighted by Crippen LogP contribution is 2.05. The Bertz CT molecular complexity index is 364. The summed E-state index contributed by atoms with van der Waals surface area (Å²) in [6.45, 7) is 2.30. The molecule has 106 valence electrons. The summed E-state index contributed by atoms with van der Waals surface area (Å²) in [7, 11) is -0.713. The molecule has 0 saturated carbocycles. The fourth-order valence-electron chi connectivity index (χ4n) is 1.61. The van der Waals surface area contributed by atoms with E-state index in [1.807, 2.05) is 0 Å². The second kappa shape index (κ2) is 7.03. The van der Waals surface area contributed by atoms with Crippen LogP contribution in [0.5, 0.6) is 0 Å². The number of carbonyl (C=O) groups is 1. The second-order valence-electron chi connectivity index (χ2n) is 4.12. The molecule has 1 atom stereocenters. The average Bonchev–Trinajstić information content (AvgIpc) is 2.37. The normalized spacial score (nSPS) is 20.9. The van der Waals surface area contributed by atoms with E-state index in [4.69, 9.17) is 4.74 Å². The lowest BCUT2D eigenvalue weighted by molar-refractivity contribution is -0.140. The highest BCUT2D eigenvalue weighted by molar-refractivity contribution is 7.89. The smallest absolute Gasteiger partial charge is 0.306 e. The molecule has 0 radical (unpaired) electrons. The van der Waals surface area contributed by atoms with Crippen molar-refractivity contribution in [2.45, 2.75) is 12.5 Å². The Morgan fingerprint density at radius 2 is 2.28 bits per heavy atom. The lowest BCUT2D eigenvalue weighted by Crippen LogP contribution is -2.46. The molecule has 1 aliphatic rings. The Hall–Kier alpha value is -0.700. The third-order valence-corrected chi connectivity index (χ3v) is 4.55. The first-order chi connectivity index (χ1) is 8.45. The van der Waals surface area contributed by atoms with E-state index in [1.165, 1.54) is 18.5 Å². The average molecular weight is 280 g/mol. The van der Waals surface area contributed by atoms with Gasteiger partial charge in [0.1, 0.15) is 0 Å². The van der Waals surface area contributed by atoms with Crippen LogP contribution in [0.15, 0.2) is 0 Å². The first-order valence-corrected chi connectivity index (χ1v) is 7.40. The minimum atomic E-state index is -3.44. The number of hydrogen-bond donors (Lipinski definition) is 1. The van der Waals surface area contributed by atoms with Crippen molar-refractivity contribution < 1.29 is 22.7 Å². The molecule has 0 aromatic heterocycles. The minimum absolute atomic E-state index is 0.132. The summed E-state index contributed by atoms with van der Waals surface area (Å²) in [4.78, 5) is 10.9. The van der Waals surface area contributed by atoms with Gasteiger partial charge in [-0.1, -0.05) is 0 Å². The van der Waals surface area contributed by atoms with Gasteiger partial charge >= 0.3 is 5.97 Å². The van der Waals surface area contributed by atoms with Crippen molar-refractivity contribution in [2.24, 2.45) is 0 Å². The number of nitrogens with zero attached hydrogens (tertiary/aromatic N) is 1. The van der Waals surface area contributed by atoms with E-state index in [9.17, 15) is 13.2 Å². The third kappa shape index (κ3) is 4.89. The van der Waals surface area contributed by atoms with Crippen molar-refractivity contribution in [2.75, 3.05) is 46.2 Å². The maximum absolute atomic E-state index is 11.9. The number of ether oxygens (including phenoxy) is 2. The van der Waals surface area contributed by atoms with Crippen LogP contribution in [0.1, 0.15) is 6.42 Å². The van der Waals surface area contributed by atoms with Crippen LogP contribution in [0.25, 0.3) is 0 Å². The summed E-state index contributed by atoms with van der Waals surface area (Å²) >= 11 is 0. The second-order valence-corrected chi connectivity index (χ2v) is 6.31. The zero-order valence-electron chi connectivity index (χ0n) is 10.7. The molecular weight excluding hydrogens is 260 g/mol. The van der Waals surface area contributed by atoms with Gasteiger partial charge in [-0.2, -0.15) is 0 Å². The van der Waals surface area contributed by atoms with E-state index in [1.54, 1.807) is 0 Å². The molecule has 1 heterocycles. The zero-order valence-corrected chi connectivity index (χ0v) is 11.5. The van der Waals surface area contributed by atoms with Crippen molar-refractivity contribution >= 4 is 16.0 Å². The Labute approximate surface area is 107 Å². The molecule has 0 spiro atoms. The number of likely N-dealkylation sites (N-methyl/N-ethyl adjacent to an activating group) is 1. The molecule has 1 fully saturated rings. The fourth-order valence-corrected chi connectivity index (χ4v) is 2.74. The molecule has 1 saturated heterocycles. The standard InChI is InChI=1S/C10H20N2O5S/c1-12(8-9-7-11-4-5-17-9)18(14,15)6-3-10(13)16-2/h9,11H,3-8H2,1-2H3. The Balaban J connectivity index is 2.42. The maximum atomic E-state index is 11.9. The molecule has 18 heavy (non-hydrogen) atoms. The number of esters is 1. The van der Waals surface area contributed by atoms with Crippen LogP contribution in [0.2, 0.25) is 0 Å². The van der Waals surface area contributed by atoms with Gasteiger partial charge in [0.05, 0.1) is 32.0 Å². The SMILES string of the molecule is COC(=O)CCS(=O)(=O)N(C)CC1CNCCO1. The van der Waals surface area contributed by atoms with Crippen LogP contribution >= 0.6 is 0 Å². The lowest BCUT2D eigenvalue weighted by Gasteiger charge is -2.27. The van der Waals surface area contributed by atoms with Gasteiger partial charge < -0.3 is 14.8 Å². The molecule has 1 N–H and O–H groups in total. The summed E-state index contributed by atoms with van der Waals surface area (Å²) in [6.07, 6.45) is -0.274. The number of methoxy groups -OCH3 is 1. The summed E-state index contributed by atoms with van der Waals surface area (Å²) in [5, 5.41) is 3.13. The highest BCUT2D eigenvalue weighted by Gasteiger charge is 2.24. The Morgan fingerprint density at radius 3 is 2.83 bits per heavy atom. The number of hydrogen-bond acceptors (Lipinski definition) is 6. The predicted molar refractivity (Wildman–Crippen MR) is 65.7 cm³/mol. The third-order valence-electron chi connectivity index (χ3n) is 2.73. The van der Waals surface area contributed by atoms with E-state index in [0.717, 1.165) is 6.54 Å². The van der Waals surface area contributed by atoms with E-state index in [0.29, 0.717) is 13.2 Å². The van der Waals surface area contributed by atoms with Crippen molar-refractivity contribution in [1.82, 2.24) is 9.62 Å². The molecule has 0 aromatic rings. The maximum Gasteiger partial charge on any atom is 0.306 e. The summed E-state index contributed by atoms with van der Waals surface area (Å²) in [6, 6.07) is 0. The predicted octanol–water partition coefficient (Wildman–Crippen LogP) is -1.20. The Kier molecular flexibility index (Phi) is 6.00. The first-order valence-electron chi connectivity index (χ1n) is 5.79. The Morgan fingerprint density at radius 1 is 1.56 bits per heavy atom. The summed E-state index contributed by atoms with van der Waals surface area (Å²) in [5.74, 6) is -0.765. The van der Waals surface area contributed by atoms with E-state index < -0.39 is 16.0 Å². The van der Waals surface area contributed by atoms with Gasteiger partial charge in [-0.05, 0) is 0 Å². The van der Waals surface area contributed by atoms with Crippen LogP contribution in [-0.2, 0) is 24.3 Å². The number of morpholine rings is 1. The molecule has 0 aliphatic carbocycles. The van der Waals surface area contributed by atoms with Crippen LogP contribution in [0.3, 0.4) is 0 Å². The molecule has 1 unspecified atom stereocenters. The van der Waals surface area contributed by atoms with Gasteiger partial charge in [0, 0.05) is 26.7 Å². The molecule has 0 amide bonds. The van der Waals surface area contributed by atoms with Crippen molar-refractivity contribution in [3.63, 3.8) is 0 Å². The van der Waals surface area contributed by atoms with Crippen LogP contribution < -0.4 is 5.32 Å². The molecule has 1 rings (SSSR count). The molecular formula is C10H20N2O5S. The fraction of sp³-hybridized carbons (Fsp3) is 0.900. The molecule has 8 heteroatoms. The zero-order chi connectivity index (χ0) is 13.6. The van der Waals surface area contributed by atoms with Gasteiger partial charge in [0.25, 0.3) is 0 Å². The van der Waals surface area contributed by atoms with Gasteiger partial charge in [0.15, 0.2) is 0 Å². The summed E-state index contributed by atoms with van der Waals surface area (Å²) in [5.41, 5.74) is 0. The molecule has 0 aromatic carbocycles. The van der Waals surface area contributed by atoms with Crippen LogP contribution in [0, 0.1) is 0 Å². The minimum Gasteiger partial charge on any atom is -0.469 e. The molecule has 7 nitrogen and oxygen atoms in total. The van der Waals surface area contributed by atoms with E-state index in [-0.39, 0.29) is 24.8 Å². The van der Waals surface area contributed by atoms with Crippen LogP contribution in [-0.4, -0.2) is 70.9 Å². The van der Waals surface area contributed by atoms with Crippen molar-refractivity contribution in [1.29, 1.82) is 0 Å². The van der Waals surface area contributed by atoms with Crippen molar-refractivity contribution in [3.8, 4) is 0 Å². The number of nitrogens with one attached hydrogen (secondary N) is 1. The quantitative estimate of drug-likeness (QED) is 0.615. The number of rotatable bonds is 6. The molecule has 0 bridgehead atoms. The van der Waals surface area contributed by atoms with Crippen molar-refractivity contribution in [3.05, 3.63) is 0 Å². The number of sulfonamides is 1. The highest BCUT2D eigenvalue weighted by atomic mass is 32.2. The van der Waals surface area contributed by atoms with E-state index in [2.05, 4.69) is 10.1 Å². The van der Waals surface area contributed by atoms with E-state index >= 15 is 0 Å². The largest absolute Gasteiger partial charge is 0.469 e. The van der Waals surface area contributed by atoms with Gasteiger partial charge in [-0.25, -0.2) is 12.7 Å². The topological polar surface area (TPSA) is 84.9 Å². The number of carbonyl (C=O) groups excluding carboxylic acids is 1. The van der Waals surface area contributed by atoms with Crippen LogP contribution in [0.4, 0.5) is 0 Å². The van der Waals surface area contributed by atoms with Gasteiger partial charge in [-0.15, -0.1) is 0 Å². The first kappa shape index (κ1) is 15.4. The lowest BCUT2D eigenvalue weighted by atomic mass is 10.3. The monoisotopic (exact) mass is 280 g/mol. The van der Waals surface area contributed by atoms with Gasteiger partial charge in [-0.3, -0.25) is 4.79 Å². The van der Waals surface area contributed by atoms with Gasteiger partial charge in [0.2, 0.25) is 10.0 Å². The summed E-state index contributed by atoms with van der Waals surface area (Å²) < 4.78 is 34.8.